The second-order valence-electron chi connectivity index (χ2n) is 26.1. The molecule has 0 amide bonds. The van der Waals surface area contributed by atoms with Gasteiger partial charge in [-0.2, -0.15) is 0 Å². The maximum atomic E-state index is 15.7. The molecular formula is C64H56F12N8O32P4S4. The molecule has 4 unspecified atom stereocenters. The van der Waals surface area contributed by atoms with Crippen molar-refractivity contribution in [3.8, 4) is 23.0 Å². The number of nitrogens with one attached hydrogen (secondary N) is 4. The first-order valence-electron chi connectivity index (χ1n) is 36.9. The fourth-order valence-electron chi connectivity index (χ4n) is 11.4. The van der Waals surface area contributed by atoms with Gasteiger partial charge in [-0.05, 0) is 72.8 Å². The van der Waals surface area contributed by atoms with E-state index < -0.39 is 262 Å². The number of benzene rings is 4. The van der Waals surface area contributed by atoms with Gasteiger partial charge >= 0.3 is 54.0 Å². The third-order valence-electron chi connectivity index (χ3n) is 17.7. The molecule has 12 heterocycles. The van der Waals surface area contributed by atoms with Crippen LogP contribution in [-0.4, -0.2) is 178 Å². The highest BCUT2D eigenvalue weighted by atomic mass is 32.1. The number of aromatic nitrogens is 8. The Morgan fingerprint density at radius 1 is 0.387 bits per heavy atom. The van der Waals surface area contributed by atoms with Gasteiger partial charge < -0.3 is 77.9 Å². The molecule has 0 bridgehead atoms. The third-order valence-corrected chi connectivity index (χ3v) is 23.8. The van der Waals surface area contributed by atoms with Crippen LogP contribution in [0.1, 0.15) is 55.3 Å². The average molecular weight is 1940 g/mol. The Hall–Kier alpha value is -8.24. The van der Waals surface area contributed by atoms with Crippen molar-refractivity contribution in [2.75, 3.05) is 26.3 Å². The molecule has 4 aromatic heterocycles. The van der Waals surface area contributed by atoms with Gasteiger partial charge in [0.25, 0.3) is 23.4 Å². The van der Waals surface area contributed by atoms with Crippen LogP contribution in [0.4, 0.5) is 52.7 Å². The number of aliphatic hydroxyl groups excluding tert-OH is 8. The normalized spacial score (nSPS) is 34.6. The lowest BCUT2D eigenvalue weighted by atomic mass is 10.1. The van der Waals surface area contributed by atoms with Gasteiger partial charge in [0.15, 0.2) is 48.1 Å². The van der Waals surface area contributed by atoms with E-state index in [9.17, 15) is 113 Å². The number of aliphatic hydroxyl groups is 8. The molecular weight excluding hydrogens is 1870 g/mol. The lowest BCUT2D eigenvalue weighted by Crippen LogP contribution is -2.43. The number of ether oxygens (including phenoxy) is 4. The second kappa shape index (κ2) is 35.8. The molecule has 0 spiro atoms. The molecule has 0 aliphatic carbocycles. The van der Waals surface area contributed by atoms with Crippen LogP contribution in [0.25, 0.3) is 0 Å². The first-order chi connectivity index (χ1) is 60.3. The monoisotopic (exact) mass is 1930 g/mol. The van der Waals surface area contributed by atoms with Crippen molar-refractivity contribution in [2.45, 2.75) is 124 Å². The van der Waals surface area contributed by atoms with Crippen LogP contribution in [0.15, 0.2) is 117 Å². The first kappa shape index (κ1) is 85.2. The maximum absolute atomic E-state index is 15.7. The Bertz CT molecular complexity index is 6580. The smallest absolute Gasteiger partial charge is 0.404 e. The number of nitrogens with zero attached hydrogens (tertiary/aromatic N) is 4. The molecule has 8 aliphatic heterocycles. The molecule has 16 rings (SSSR count). The lowest BCUT2D eigenvalue weighted by Gasteiger charge is -2.28. The van der Waals surface area contributed by atoms with Crippen molar-refractivity contribution in [3.05, 3.63) is 227 Å². The SMILES string of the molecule is O=c1[nH]c(=S)c(F)cn1[C@@H]1O[C@](F)(COP2(=O)OCc3cc(F)ccc3O2)[C@@H](O)[C@H]1O.[2H]C([2H])(OP1(=O)OCc2cc(F)ccc2O1)[C@@]1(F)O[C@@H](n2cc(F)c(=S)[nH]c2=O)[C@H](O)[C@@H]1O.[2H]C([2H])(OP1(=O)OCc2cc(F)ccc2O1)[C@@]1(F)O[C@@]([2H])(n2cc(F)c(=S)[nH]c2=O)[C@H](O)[C@@H]1O.[2H][C@@]1(n2cc(F)c(=S)[nH]c2=O)O[C@](F)(COP2(=O)OCc3cc(F)ccc3O2)[C@@H](O)[C@H]1O. The third kappa shape index (κ3) is 19.6. The molecule has 672 valence electrons. The van der Waals surface area contributed by atoms with Gasteiger partial charge in [-0.3, -0.25) is 74.4 Å². The Balaban J connectivity index is 0.000000148. The Kier molecular flexibility index (Phi) is 24.6. The summed E-state index contributed by atoms with van der Waals surface area (Å²) in [6, 6.07) is 12.5. The lowest BCUT2D eigenvalue weighted by molar-refractivity contribution is -0.205. The molecule has 124 heavy (non-hydrogen) atoms. The summed E-state index contributed by atoms with van der Waals surface area (Å²) in [5, 5.41) is 81.4. The highest BCUT2D eigenvalue weighted by Crippen LogP contribution is 2.60. The largest absolute Gasteiger partial charge is 0.530 e. The number of phosphoric acid groups is 4. The van der Waals surface area contributed by atoms with Gasteiger partial charge in [0.05, 0.1) is 59.4 Å². The van der Waals surface area contributed by atoms with E-state index in [2.05, 4.69) is 62.7 Å². The Morgan fingerprint density at radius 3 is 0.952 bits per heavy atom. The predicted molar refractivity (Wildman–Crippen MR) is 389 cm³/mol. The molecule has 8 aliphatic rings. The summed E-state index contributed by atoms with van der Waals surface area (Å²) in [6.45, 7) is -12.3. The van der Waals surface area contributed by atoms with Crippen LogP contribution in [0.2, 0.25) is 0 Å². The number of fused-ring (bicyclic) bond motifs is 4. The second-order valence-corrected chi connectivity index (χ2v) is 34.0. The molecule has 4 fully saturated rings. The minimum Gasteiger partial charge on any atom is -0.404 e. The highest BCUT2D eigenvalue weighted by molar-refractivity contribution is 7.72. The fourth-order valence-corrected chi connectivity index (χ4v) is 16.6. The number of phosphoric ester groups is 4. The number of halogens is 12. The van der Waals surface area contributed by atoms with Crippen LogP contribution in [-0.2, 0) is 99.8 Å². The summed E-state index contributed by atoms with van der Waals surface area (Å²) >= 11 is 18.2. The van der Waals surface area contributed by atoms with Crippen molar-refractivity contribution >= 4 is 80.2 Å². The van der Waals surface area contributed by atoms with Crippen LogP contribution >= 0.6 is 80.2 Å². The van der Waals surface area contributed by atoms with E-state index in [4.69, 9.17) is 67.7 Å². The number of aromatic amines is 4. The van der Waals surface area contributed by atoms with Gasteiger partial charge in [-0.1, -0.05) is 48.9 Å². The van der Waals surface area contributed by atoms with E-state index in [0.29, 0.717) is 27.7 Å². The van der Waals surface area contributed by atoms with Crippen molar-refractivity contribution in [3.63, 3.8) is 0 Å². The number of alkyl halides is 4. The number of hydrogen-bond acceptors (Lipinski definition) is 36. The summed E-state index contributed by atoms with van der Waals surface area (Å²) in [5.41, 5.74) is -4.19. The summed E-state index contributed by atoms with van der Waals surface area (Å²) in [7, 11) is -18.8. The van der Waals surface area contributed by atoms with E-state index in [1.165, 1.54) is 6.07 Å². The van der Waals surface area contributed by atoms with Gasteiger partial charge in [-0.25, -0.2) is 90.1 Å². The first-order valence-corrected chi connectivity index (χ1v) is 41.4. The molecule has 4 saturated heterocycles. The van der Waals surface area contributed by atoms with Crippen molar-refractivity contribution in [1.82, 2.24) is 38.2 Å². The summed E-state index contributed by atoms with van der Waals surface area (Å²) in [5.74, 6) is -22.4. The van der Waals surface area contributed by atoms with Gasteiger partial charge in [0.2, 0.25) is 0 Å². The molecule has 60 heteroatoms. The van der Waals surface area contributed by atoms with E-state index >= 15 is 17.6 Å². The summed E-state index contributed by atoms with van der Waals surface area (Å²) in [4.78, 5) is 55.7. The van der Waals surface area contributed by atoms with Crippen LogP contribution in [0.3, 0.4) is 0 Å². The van der Waals surface area contributed by atoms with Gasteiger partial charge in [0, 0.05) is 22.3 Å². The molecule has 8 aromatic rings. The summed E-state index contributed by atoms with van der Waals surface area (Å²) < 4.78 is 345. The topological polar surface area (TPSA) is 529 Å². The molecule has 4 aromatic carbocycles. The molecule has 0 radical (unpaired) electrons. The minimum atomic E-state index is -4.98. The number of hydrogen-bond donors (Lipinski definition) is 12. The zero-order valence-corrected chi connectivity index (χ0v) is 67.2. The van der Waals surface area contributed by atoms with Gasteiger partial charge in [0.1, 0.15) is 140 Å². The van der Waals surface area contributed by atoms with Gasteiger partial charge in [-0.15, -0.1) is 0 Å². The molecule has 40 nitrogen and oxygen atoms in total. The van der Waals surface area contributed by atoms with E-state index in [1.54, 1.807) is 4.98 Å². The van der Waals surface area contributed by atoms with Crippen molar-refractivity contribution in [1.29, 1.82) is 0 Å². The highest BCUT2D eigenvalue weighted by Gasteiger charge is 2.62. The zero-order chi connectivity index (χ0) is 95.6. The van der Waals surface area contributed by atoms with Crippen LogP contribution in [0, 0.1) is 65.1 Å². The molecule has 0 saturated carbocycles. The maximum Gasteiger partial charge on any atom is 0.530 e. The number of rotatable bonds is 16. The standard InChI is InChI=1S/4C16H14F3N2O8PS/c4*17-8-1-2-10-7(3-8)5-26-30(25,29-10)27-6-16(19)12(23)11(22)14(28-16)21-4-9(18)13(31)20-15(21)24/h4*1-4,11-12,14,22-23H,5-6H2,(H,20,24,31)/t4*11-,12+,14-,16-,30?/m1111/s1/i6D2,14D;14D;6D2;. The van der Waals surface area contributed by atoms with E-state index in [-0.39, 0.29) is 67.2 Å². The Morgan fingerprint density at radius 2 is 0.629 bits per heavy atom. The van der Waals surface area contributed by atoms with Crippen molar-refractivity contribution in [2.24, 2.45) is 0 Å². The minimum absolute atomic E-state index is 0.00998. The molecule has 12 N–H and O–H groups in total. The van der Waals surface area contributed by atoms with Crippen LogP contribution in [0.5, 0.6) is 23.0 Å². The average Bonchev–Trinajstić information content (AvgIpc) is 1.56. The molecule has 20 atom stereocenters. The fraction of sp³-hybridized carbons (Fsp3) is 0.375. The number of H-pyrrole nitrogens is 4. The zero-order valence-electron chi connectivity index (χ0n) is 66.4. The quantitative estimate of drug-likeness (QED) is 0.0256. The van der Waals surface area contributed by atoms with Crippen LogP contribution < -0.4 is 40.9 Å². The predicted octanol–water partition coefficient (Wildman–Crippen LogP) is 7.34. The van der Waals surface area contributed by atoms with E-state index in [1.807, 2.05) is 15.0 Å². The Labute approximate surface area is 708 Å². The summed E-state index contributed by atoms with van der Waals surface area (Å²) in [6.07, 6.45) is -28.6. The van der Waals surface area contributed by atoms with E-state index in [0.717, 1.165) is 66.7 Å². The van der Waals surface area contributed by atoms with Crippen molar-refractivity contribution < 1.29 is 193 Å².